The van der Waals surface area contributed by atoms with Crippen LogP contribution in [0.2, 0.25) is 0 Å². The number of rotatable bonds is 2. The Labute approximate surface area is 275 Å². The Balaban J connectivity index is 1.23. The van der Waals surface area contributed by atoms with Gasteiger partial charge in [0.1, 0.15) is 11.2 Å². The first-order valence-electron chi connectivity index (χ1n) is 16.5. The summed E-state index contributed by atoms with van der Waals surface area (Å²) in [6.45, 7) is 0. The van der Waals surface area contributed by atoms with Gasteiger partial charge in [-0.25, -0.2) is 0 Å². The number of hydrogen-bond donors (Lipinski definition) is 1. The van der Waals surface area contributed by atoms with Crippen LogP contribution in [0.25, 0.3) is 109 Å². The Morgan fingerprint density at radius 2 is 0.917 bits per heavy atom. The molecule has 0 amide bonds. The zero-order chi connectivity index (χ0) is 31.3. The average Bonchev–Trinajstić information content (AvgIpc) is 3.73. The summed E-state index contributed by atoms with van der Waals surface area (Å²) in [5, 5.41) is 14.8. The molecule has 11 aromatic rings. The molecule has 1 N–H and O–H groups in total. The number of aromatic nitrogens is 1. The average molecular weight is 610 g/mol. The van der Waals surface area contributed by atoms with Gasteiger partial charge in [0.25, 0.3) is 0 Å². The van der Waals surface area contributed by atoms with Crippen molar-refractivity contribution >= 4 is 86.8 Å². The summed E-state index contributed by atoms with van der Waals surface area (Å²) in [6, 6.07) is 57.1. The van der Waals surface area contributed by atoms with Gasteiger partial charge in [0, 0.05) is 43.6 Å². The Bertz CT molecular complexity index is 3060. The van der Waals surface area contributed by atoms with Crippen molar-refractivity contribution in [2.24, 2.45) is 0 Å². The predicted octanol–water partition coefficient (Wildman–Crippen LogP) is 13.2. The minimum Gasteiger partial charge on any atom is -0.455 e. The fourth-order valence-corrected chi connectivity index (χ4v) is 8.38. The maximum Gasteiger partial charge on any atom is 0.143 e. The molecule has 0 radical (unpaired) electrons. The topological polar surface area (TPSA) is 28.9 Å². The van der Waals surface area contributed by atoms with E-state index in [9.17, 15) is 0 Å². The van der Waals surface area contributed by atoms with E-state index >= 15 is 0 Å². The summed E-state index contributed by atoms with van der Waals surface area (Å²) in [5.41, 5.74) is 8.96. The van der Waals surface area contributed by atoms with Crippen molar-refractivity contribution in [1.29, 1.82) is 0 Å². The predicted molar refractivity (Wildman–Crippen MR) is 204 cm³/mol. The highest BCUT2D eigenvalue weighted by Gasteiger charge is 2.21. The minimum absolute atomic E-state index is 0.914. The van der Waals surface area contributed by atoms with Crippen molar-refractivity contribution in [2.75, 3.05) is 0 Å². The van der Waals surface area contributed by atoms with Gasteiger partial charge in [-0.05, 0) is 61.0 Å². The molecule has 0 aliphatic carbocycles. The first-order valence-corrected chi connectivity index (χ1v) is 16.5. The molecule has 0 bridgehead atoms. The highest BCUT2D eigenvalue weighted by Crippen LogP contribution is 2.47. The zero-order valence-electron chi connectivity index (χ0n) is 25.9. The maximum absolute atomic E-state index is 6.58. The molecular formula is C46H27NO. The van der Waals surface area contributed by atoms with Crippen LogP contribution in [0.5, 0.6) is 0 Å². The lowest BCUT2D eigenvalue weighted by Crippen LogP contribution is -1.91. The number of aromatic amines is 1. The molecule has 2 heteroatoms. The molecular weight excluding hydrogens is 583 g/mol. The molecule has 0 aliphatic rings. The van der Waals surface area contributed by atoms with Crippen molar-refractivity contribution in [1.82, 2.24) is 4.98 Å². The summed E-state index contributed by atoms with van der Waals surface area (Å²) in [4.78, 5) is 3.88. The third-order valence-electron chi connectivity index (χ3n) is 10.4. The summed E-state index contributed by atoms with van der Waals surface area (Å²) < 4.78 is 6.58. The van der Waals surface area contributed by atoms with Gasteiger partial charge in [0.05, 0.1) is 5.52 Å². The Kier molecular flexibility index (Phi) is 5.14. The van der Waals surface area contributed by atoms with Crippen molar-refractivity contribution < 1.29 is 4.42 Å². The summed E-state index contributed by atoms with van der Waals surface area (Å²) in [6.07, 6.45) is 0. The minimum atomic E-state index is 0.914. The van der Waals surface area contributed by atoms with E-state index in [4.69, 9.17) is 4.42 Å². The molecule has 222 valence electrons. The maximum atomic E-state index is 6.58. The molecule has 0 unspecified atom stereocenters. The Morgan fingerprint density at radius 3 is 1.62 bits per heavy atom. The number of nitrogens with one attached hydrogen (secondary N) is 1. The lowest BCUT2D eigenvalue weighted by atomic mass is 9.85. The number of para-hydroxylation sites is 2. The molecule has 11 rings (SSSR count). The van der Waals surface area contributed by atoms with Gasteiger partial charge in [-0.3, -0.25) is 0 Å². The molecule has 0 fully saturated rings. The second-order valence-corrected chi connectivity index (χ2v) is 12.8. The molecule has 0 saturated heterocycles. The summed E-state index contributed by atoms with van der Waals surface area (Å²) in [5.74, 6) is 0. The zero-order valence-corrected chi connectivity index (χ0v) is 25.9. The van der Waals surface area contributed by atoms with Gasteiger partial charge >= 0.3 is 0 Å². The van der Waals surface area contributed by atoms with Gasteiger partial charge in [-0.2, -0.15) is 0 Å². The van der Waals surface area contributed by atoms with Crippen LogP contribution in [0.15, 0.2) is 162 Å². The fraction of sp³-hybridized carbons (Fsp3) is 0. The molecule has 0 spiro atoms. The van der Waals surface area contributed by atoms with Gasteiger partial charge in [-0.15, -0.1) is 0 Å². The first-order chi connectivity index (χ1) is 23.8. The number of H-pyrrole nitrogens is 1. The van der Waals surface area contributed by atoms with E-state index in [2.05, 4.69) is 157 Å². The van der Waals surface area contributed by atoms with E-state index in [1.165, 1.54) is 76.1 Å². The molecule has 0 aliphatic heterocycles. The lowest BCUT2D eigenvalue weighted by molar-refractivity contribution is 0.670. The molecule has 0 atom stereocenters. The number of fused-ring (bicyclic) bond motifs is 13. The molecule has 0 saturated carbocycles. The molecule has 2 aromatic heterocycles. The third kappa shape index (κ3) is 3.41. The highest BCUT2D eigenvalue weighted by atomic mass is 16.3. The second-order valence-electron chi connectivity index (χ2n) is 12.8. The van der Waals surface area contributed by atoms with Gasteiger partial charge in [0.15, 0.2) is 0 Å². The standard InChI is InChI=1S/C46H27NO/c1-3-15-31-28(12-1)29-13-2-8-20-36(29)45-44(31)38-25-24-27(26-40(38)47-45)42-32-16-4-6-18-34(32)43(35-19-7-5-17-33(35)42)39-22-11-21-37-30-14-9-10-23-41(30)48-46(37)39/h1-26,47H. The normalized spacial score (nSPS) is 12.2. The van der Waals surface area contributed by atoms with Crippen molar-refractivity contribution in [3.63, 3.8) is 0 Å². The monoisotopic (exact) mass is 609 g/mol. The molecule has 2 nitrogen and oxygen atoms in total. The van der Waals surface area contributed by atoms with Crippen LogP contribution >= 0.6 is 0 Å². The first kappa shape index (κ1) is 25.8. The molecule has 48 heavy (non-hydrogen) atoms. The van der Waals surface area contributed by atoms with Crippen LogP contribution in [-0.2, 0) is 0 Å². The van der Waals surface area contributed by atoms with Crippen LogP contribution in [0, 0.1) is 0 Å². The summed E-state index contributed by atoms with van der Waals surface area (Å²) >= 11 is 0. The lowest BCUT2D eigenvalue weighted by Gasteiger charge is -2.18. The van der Waals surface area contributed by atoms with Crippen molar-refractivity contribution in [2.45, 2.75) is 0 Å². The van der Waals surface area contributed by atoms with E-state index in [0.29, 0.717) is 0 Å². The number of hydrogen-bond acceptors (Lipinski definition) is 1. The van der Waals surface area contributed by atoms with Crippen LogP contribution in [0.3, 0.4) is 0 Å². The SMILES string of the molecule is c1ccc2c(c1)oc1c(-c3c4ccccc4c(-c4ccc5c(c4)[nH]c4c6ccccc6c6ccccc6c54)c4ccccc34)cccc12. The van der Waals surface area contributed by atoms with E-state index < -0.39 is 0 Å². The van der Waals surface area contributed by atoms with Gasteiger partial charge < -0.3 is 9.40 Å². The highest BCUT2D eigenvalue weighted by molar-refractivity contribution is 6.32. The van der Waals surface area contributed by atoms with E-state index in [1.807, 2.05) is 6.07 Å². The number of benzene rings is 9. The van der Waals surface area contributed by atoms with Crippen LogP contribution < -0.4 is 0 Å². The van der Waals surface area contributed by atoms with Crippen LogP contribution in [0.1, 0.15) is 0 Å². The van der Waals surface area contributed by atoms with Crippen LogP contribution in [0.4, 0.5) is 0 Å². The van der Waals surface area contributed by atoms with E-state index in [-0.39, 0.29) is 0 Å². The van der Waals surface area contributed by atoms with Gasteiger partial charge in [0.2, 0.25) is 0 Å². The van der Waals surface area contributed by atoms with Crippen molar-refractivity contribution in [3.8, 4) is 22.3 Å². The van der Waals surface area contributed by atoms with E-state index in [0.717, 1.165) is 33.0 Å². The summed E-state index contributed by atoms with van der Waals surface area (Å²) in [7, 11) is 0. The van der Waals surface area contributed by atoms with Gasteiger partial charge in [-0.1, -0.05) is 146 Å². The van der Waals surface area contributed by atoms with Crippen molar-refractivity contribution in [3.05, 3.63) is 158 Å². The quantitative estimate of drug-likeness (QED) is 0.153. The third-order valence-corrected chi connectivity index (χ3v) is 10.4. The fourth-order valence-electron chi connectivity index (χ4n) is 8.38. The number of furan rings is 1. The Morgan fingerprint density at radius 1 is 0.375 bits per heavy atom. The Hall–Kier alpha value is -6.38. The second kappa shape index (κ2) is 9.57. The molecule has 2 heterocycles. The molecule has 9 aromatic carbocycles. The smallest absolute Gasteiger partial charge is 0.143 e. The van der Waals surface area contributed by atoms with E-state index in [1.54, 1.807) is 0 Å². The van der Waals surface area contributed by atoms with Crippen LogP contribution in [-0.4, -0.2) is 4.98 Å². The largest absolute Gasteiger partial charge is 0.455 e.